The molecule has 0 fully saturated rings. The number of quaternary nitrogens is 1. The van der Waals surface area contributed by atoms with Gasteiger partial charge in [-0.25, -0.2) is 10.2 Å². The van der Waals surface area contributed by atoms with Crippen molar-refractivity contribution in [2.24, 2.45) is 0 Å². The number of carbonyl (C=O) groups is 1. The van der Waals surface area contributed by atoms with Crippen molar-refractivity contribution in [1.82, 2.24) is 20.2 Å². The van der Waals surface area contributed by atoms with Crippen molar-refractivity contribution < 1.29 is 28.4 Å². The third-order valence-electron chi connectivity index (χ3n) is 5.63. The number of hydrogen-bond donors (Lipinski definition) is 4. The summed E-state index contributed by atoms with van der Waals surface area (Å²) in [7, 11) is 0. The van der Waals surface area contributed by atoms with E-state index >= 15 is 0 Å². The number of aromatic nitrogens is 2. The second-order valence-corrected chi connectivity index (χ2v) is 7.87. The van der Waals surface area contributed by atoms with Crippen LogP contribution >= 0.6 is 0 Å². The minimum Gasteiger partial charge on any atom is -0.595 e. The number of hydrogen-bond acceptors (Lipinski definition) is 5. The number of nitrogens with one attached hydrogen (secondary N) is 3. The van der Waals surface area contributed by atoms with Crippen molar-refractivity contribution in [2.45, 2.75) is 38.3 Å². The van der Waals surface area contributed by atoms with Gasteiger partial charge in [-0.1, -0.05) is 24.3 Å². The molecule has 0 radical (unpaired) electrons. The fraction of sp³-hybridized carbons (Fsp3) is 0.273. The largest absolute Gasteiger partial charge is 0.595 e. The first-order valence-electron chi connectivity index (χ1n) is 10.2. The highest BCUT2D eigenvalue weighted by Crippen LogP contribution is 2.29. The Labute approximate surface area is 187 Å². The van der Waals surface area contributed by atoms with Crippen LogP contribution in [0.5, 0.6) is 0 Å². The quantitative estimate of drug-likeness (QED) is 0.421. The van der Waals surface area contributed by atoms with E-state index in [9.17, 15) is 23.2 Å². The first kappa shape index (κ1) is 22.9. The van der Waals surface area contributed by atoms with Crippen LogP contribution in [0, 0.1) is 5.21 Å². The number of H-pyrrole nitrogens is 1. The number of fused-ring (bicyclic) bond motifs is 1. The number of alkyl halides is 3. The molecule has 174 valence electrons. The van der Waals surface area contributed by atoms with Gasteiger partial charge >= 0.3 is 6.18 Å². The highest BCUT2D eigenvalue weighted by atomic mass is 19.4. The summed E-state index contributed by atoms with van der Waals surface area (Å²) >= 11 is 0. The van der Waals surface area contributed by atoms with Crippen LogP contribution in [0.1, 0.15) is 28.1 Å². The lowest BCUT2D eigenvalue weighted by Gasteiger charge is -2.34. The molecule has 2 atom stereocenters. The fourth-order valence-electron chi connectivity index (χ4n) is 3.82. The lowest BCUT2D eigenvalue weighted by molar-refractivity contribution is -0.991. The average molecular weight is 461 g/mol. The third-order valence-corrected chi connectivity index (χ3v) is 5.63. The van der Waals surface area contributed by atoms with Gasteiger partial charge in [-0.05, 0) is 23.3 Å². The first-order valence-corrected chi connectivity index (χ1v) is 10.2. The molecule has 0 saturated heterocycles. The monoisotopic (exact) mass is 461 g/mol. The van der Waals surface area contributed by atoms with Crippen LogP contribution in [0.25, 0.3) is 0 Å². The summed E-state index contributed by atoms with van der Waals surface area (Å²) in [6.45, 7) is 0.965. The molecule has 4 N–H and O–H groups in total. The summed E-state index contributed by atoms with van der Waals surface area (Å²) in [5, 5.41) is 22.0. The van der Waals surface area contributed by atoms with Gasteiger partial charge in [0.25, 0.3) is 0 Å². The van der Waals surface area contributed by atoms with Crippen LogP contribution in [0.3, 0.4) is 0 Å². The van der Waals surface area contributed by atoms with Gasteiger partial charge in [0.2, 0.25) is 5.91 Å². The number of benzene rings is 2. The normalized spacial score (nSPS) is 17.4. The Hall–Kier alpha value is -3.25. The van der Waals surface area contributed by atoms with Crippen LogP contribution in [-0.4, -0.2) is 32.0 Å². The molecule has 0 spiro atoms. The zero-order chi connectivity index (χ0) is 23.6. The van der Waals surface area contributed by atoms with E-state index in [1.807, 2.05) is 4.90 Å². The van der Waals surface area contributed by atoms with Gasteiger partial charge in [-0.3, -0.25) is 9.69 Å². The molecule has 4 rings (SSSR count). The predicted molar refractivity (Wildman–Crippen MR) is 111 cm³/mol. The van der Waals surface area contributed by atoms with Crippen molar-refractivity contribution in [2.75, 3.05) is 0 Å². The Bertz CT molecular complexity index is 1100. The molecule has 11 heteroatoms. The lowest BCUT2D eigenvalue weighted by atomic mass is 10.0. The summed E-state index contributed by atoms with van der Waals surface area (Å²) in [6, 6.07) is 10.6. The summed E-state index contributed by atoms with van der Waals surface area (Å²) < 4.78 is 38.2. The van der Waals surface area contributed by atoms with E-state index in [2.05, 4.69) is 15.3 Å². The summed E-state index contributed by atoms with van der Waals surface area (Å²) in [5.74, 6) is -0.259. The molecule has 1 aliphatic rings. The second-order valence-electron chi connectivity index (χ2n) is 7.87. The molecular formula is C22H22F3N5O3. The third kappa shape index (κ3) is 5.40. The van der Waals surface area contributed by atoms with Crippen molar-refractivity contribution in [3.05, 3.63) is 88.1 Å². The minimum atomic E-state index is -4.41. The Balaban J connectivity index is 1.45. The van der Waals surface area contributed by atoms with Crippen LogP contribution in [0.2, 0.25) is 0 Å². The van der Waals surface area contributed by atoms with Crippen molar-refractivity contribution >= 4 is 11.6 Å². The van der Waals surface area contributed by atoms with Gasteiger partial charge in [0.05, 0.1) is 29.3 Å². The number of carbonyl (C=O) groups excluding carboxylic acids is 1. The van der Waals surface area contributed by atoms with Crippen molar-refractivity contribution in [1.29, 1.82) is 0 Å². The summed E-state index contributed by atoms with van der Waals surface area (Å²) in [6.07, 6.45) is -2.45. The molecule has 1 amide bonds. The minimum absolute atomic E-state index is 0.0992. The Morgan fingerprint density at radius 1 is 1.18 bits per heavy atom. The Morgan fingerprint density at radius 2 is 1.85 bits per heavy atom. The van der Waals surface area contributed by atoms with E-state index in [1.165, 1.54) is 24.3 Å². The van der Waals surface area contributed by atoms with Crippen LogP contribution in [0.15, 0.2) is 54.9 Å². The van der Waals surface area contributed by atoms with Gasteiger partial charge in [-0.2, -0.15) is 18.4 Å². The van der Waals surface area contributed by atoms with Crippen molar-refractivity contribution in [3.63, 3.8) is 0 Å². The molecule has 2 heterocycles. The molecule has 0 aliphatic carbocycles. The molecule has 1 aliphatic heterocycles. The van der Waals surface area contributed by atoms with Crippen LogP contribution in [0.4, 0.5) is 18.9 Å². The summed E-state index contributed by atoms with van der Waals surface area (Å²) in [5.41, 5.74) is 2.55. The molecule has 3 aromatic rings. The highest BCUT2D eigenvalue weighted by Gasteiger charge is 2.33. The molecule has 0 saturated carbocycles. The van der Waals surface area contributed by atoms with Crippen LogP contribution < -0.4 is 10.5 Å². The van der Waals surface area contributed by atoms with Gasteiger partial charge in [0.15, 0.2) is 5.69 Å². The zero-order valence-electron chi connectivity index (χ0n) is 17.4. The number of imidazole rings is 1. The highest BCUT2D eigenvalue weighted by molar-refractivity contribution is 5.82. The summed E-state index contributed by atoms with van der Waals surface area (Å²) in [4.78, 5) is 22.3. The van der Waals surface area contributed by atoms with Gasteiger partial charge in [-0.15, -0.1) is 0 Å². The number of halogens is 3. The van der Waals surface area contributed by atoms with Gasteiger partial charge in [0, 0.05) is 38.2 Å². The average Bonchev–Trinajstić information content (AvgIpc) is 3.24. The second kappa shape index (κ2) is 9.32. The van der Waals surface area contributed by atoms with Crippen molar-refractivity contribution in [3.8, 4) is 0 Å². The van der Waals surface area contributed by atoms with Gasteiger partial charge < -0.3 is 15.5 Å². The van der Waals surface area contributed by atoms with E-state index < -0.39 is 23.0 Å². The lowest BCUT2D eigenvalue weighted by Crippen LogP contribution is -2.99. The number of nitrogens with zero attached hydrogens (tertiary/aromatic N) is 2. The maximum atomic E-state index is 13.0. The zero-order valence-corrected chi connectivity index (χ0v) is 17.4. The predicted octanol–water partition coefficient (Wildman–Crippen LogP) is 2.08. The standard InChI is InChI=1S/C22H22F3N5O3/c23-22(24,25)16-5-1-14(2-6-16)10-26-21(31)20-9-18-19(28-13-27-18)12-29(20)11-15-3-7-17(8-4-15)30(32)33/h1-8,13,20,30,32H,9-12H2,(H,26,31)(H,27,28)/t20-/m0/s1. The molecule has 8 nitrogen and oxygen atoms in total. The molecule has 33 heavy (non-hydrogen) atoms. The van der Waals surface area contributed by atoms with E-state index in [0.29, 0.717) is 25.1 Å². The van der Waals surface area contributed by atoms with Gasteiger partial charge in [0.1, 0.15) is 0 Å². The molecular weight excluding hydrogens is 439 g/mol. The topological polar surface area (TPSA) is 109 Å². The van der Waals surface area contributed by atoms with E-state index in [-0.39, 0.29) is 18.1 Å². The number of rotatable bonds is 6. The SMILES string of the molecule is O=C(NCc1ccc(C(F)(F)F)cc1)[C@@H]1Cc2nc[nH]c2CN1Cc1ccc([NH+]([O-])O)cc1. The van der Waals surface area contributed by atoms with Crippen LogP contribution in [-0.2, 0) is 37.0 Å². The molecule has 2 aromatic carbocycles. The smallest absolute Gasteiger partial charge is 0.416 e. The van der Waals surface area contributed by atoms with E-state index in [0.717, 1.165) is 29.1 Å². The molecule has 0 bridgehead atoms. The molecule has 1 unspecified atom stereocenters. The maximum Gasteiger partial charge on any atom is 0.416 e. The fourth-order valence-corrected chi connectivity index (χ4v) is 3.82. The van der Waals surface area contributed by atoms with E-state index in [1.54, 1.807) is 18.5 Å². The Kier molecular flexibility index (Phi) is 6.47. The number of amides is 1. The Morgan fingerprint density at radius 3 is 2.48 bits per heavy atom. The molecule has 1 aromatic heterocycles. The first-order chi connectivity index (χ1) is 15.7. The maximum absolute atomic E-state index is 13.0. The number of aromatic amines is 1. The van der Waals surface area contributed by atoms with E-state index in [4.69, 9.17) is 5.21 Å².